The first kappa shape index (κ1) is 22.7. The molecule has 0 amide bonds. The minimum absolute atomic E-state index is 0. The molecular formula is C25H42ClN3. The molecule has 3 fully saturated rings. The molecule has 1 aromatic rings. The molecule has 0 atom stereocenters. The summed E-state index contributed by atoms with van der Waals surface area (Å²) < 4.78 is 0. The zero-order valence-corrected chi connectivity index (χ0v) is 19.8. The molecular weight excluding hydrogens is 378 g/mol. The quantitative estimate of drug-likeness (QED) is 0.586. The summed E-state index contributed by atoms with van der Waals surface area (Å²) >= 11 is 0. The Hall–Kier alpha value is -0.930. The van der Waals surface area contributed by atoms with Crippen molar-refractivity contribution in [3.63, 3.8) is 0 Å². The van der Waals surface area contributed by atoms with Gasteiger partial charge in [-0.05, 0) is 86.6 Å². The van der Waals surface area contributed by atoms with Crippen LogP contribution in [0.2, 0.25) is 0 Å². The van der Waals surface area contributed by atoms with Crippen LogP contribution in [0.5, 0.6) is 0 Å². The zero-order valence-electron chi connectivity index (χ0n) is 19.0. The van der Waals surface area contributed by atoms with Gasteiger partial charge in [0.2, 0.25) is 0 Å². The molecule has 1 saturated carbocycles. The van der Waals surface area contributed by atoms with Gasteiger partial charge in [-0.2, -0.15) is 0 Å². The lowest BCUT2D eigenvalue weighted by Gasteiger charge is -2.40. The number of nitrogens with zero attached hydrogens (tertiary/aromatic N) is 3. The lowest BCUT2D eigenvalue weighted by atomic mass is 9.71. The van der Waals surface area contributed by atoms with Crippen LogP contribution in [0.3, 0.4) is 0 Å². The monoisotopic (exact) mass is 419 g/mol. The van der Waals surface area contributed by atoms with E-state index in [1.807, 2.05) is 0 Å². The Balaban J connectivity index is 0.00000240. The maximum atomic E-state index is 2.69. The number of hydrogen-bond acceptors (Lipinski definition) is 3. The van der Waals surface area contributed by atoms with Crippen LogP contribution in [0.25, 0.3) is 0 Å². The van der Waals surface area contributed by atoms with Crippen molar-refractivity contribution in [1.29, 1.82) is 0 Å². The topological polar surface area (TPSA) is 9.72 Å². The molecule has 0 bridgehead atoms. The van der Waals surface area contributed by atoms with Crippen LogP contribution in [0.4, 0.5) is 11.4 Å². The average molecular weight is 420 g/mol. The maximum Gasteiger partial charge on any atom is 0.0404 e. The summed E-state index contributed by atoms with van der Waals surface area (Å²) in [6.07, 6.45) is 9.44. The first-order valence-electron chi connectivity index (χ1n) is 11.9. The van der Waals surface area contributed by atoms with Crippen LogP contribution >= 0.6 is 12.4 Å². The molecule has 1 aromatic carbocycles. The Kier molecular flexibility index (Phi) is 7.78. The van der Waals surface area contributed by atoms with Crippen molar-refractivity contribution < 1.29 is 0 Å². The molecule has 0 unspecified atom stereocenters. The van der Waals surface area contributed by atoms with Gasteiger partial charge < -0.3 is 9.80 Å². The summed E-state index contributed by atoms with van der Waals surface area (Å²) in [6.45, 7) is 15.8. The van der Waals surface area contributed by atoms with Crippen LogP contribution < -0.4 is 9.80 Å². The first-order chi connectivity index (χ1) is 13.6. The molecule has 2 saturated heterocycles. The van der Waals surface area contributed by atoms with E-state index in [0.29, 0.717) is 5.41 Å². The third kappa shape index (κ3) is 5.41. The van der Waals surface area contributed by atoms with Gasteiger partial charge in [0, 0.05) is 50.6 Å². The molecule has 2 aliphatic heterocycles. The van der Waals surface area contributed by atoms with Gasteiger partial charge in [-0.1, -0.05) is 20.8 Å². The van der Waals surface area contributed by atoms with E-state index in [-0.39, 0.29) is 12.4 Å². The van der Waals surface area contributed by atoms with Crippen molar-refractivity contribution in [2.75, 3.05) is 55.6 Å². The SMILES string of the molecule is CCCN1CCN(c2ccc(N3CCCC3)cc2C2CCC(C)(C)CC2)CC1.Cl. The summed E-state index contributed by atoms with van der Waals surface area (Å²) in [5, 5.41) is 0. The van der Waals surface area contributed by atoms with Gasteiger partial charge in [-0.25, -0.2) is 0 Å². The van der Waals surface area contributed by atoms with Crippen LogP contribution in [0.15, 0.2) is 18.2 Å². The number of hydrogen-bond donors (Lipinski definition) is 0. The Bertz CT molecular complexity index is 635. The summed E-state index contributed by atoms with van der Waals surface area (Å²) in [5.74, 6) is 0.749. The number of benzene rings is 1. The molecule has 4 rings (SSSR count). The standard InChI is InChI=1S/C25H41N3.ClH/c1-4-13-26-16-18-28(19-17-26)24-8-7-22(27-14-5-6-15-27)20-23(24)21-9-11-25(2,3)12-10-21;/h7-8,20-21H,4-6,9-19H2,1-3H3;1H. The molecule has 0 spiro atoms. The van der Waals surface area contributed by atoms with Gasteiger partial charge >= 0.3 is 0 Å². The lowest BCUT2D eigenvalue weighted by Crippen LogP contribution is -2.47. The van der Waals surface area contributed by atoms with Crippen LogP contribution in [0.1, 0.15) is 77.2 Å². The summed E-state index contributed by atoms with van der Waals surface area (Å²) in [7, 11) is 0. The second-order valence-electron chi connectivity index (χ2n) is 10.2. The smallest absolute Gasteiger partial charge is 0.0404 e. The highest BCUT2D eigenvalue weighted by atomic mass is 35.5. The molecule has 4 heteroatoms. The number of anilines is 2. The van der Waals surface area contributed by atoms with Crippen LogP contribution in [0, 0.1) is 5.41 Å². The van der Waals surface area contributed by atoms with E-state index in [1.54, 1.807) is 11.3 Å². The number of halogens is 1. The average Bonchev–Trinajstić information content (AvgIpc) is 3.23. The molecule has 2 heterocycles. The molecule has 29 heavy (non-hydrogen) atoms. The van der Waals surface area contributed by atoms with E-state index >= 15 is 0 Å². The van der Waals surface area contributed by atoms with Gasteiger partial charge in [0.25, 0.3) is 0 Å². The maximum absolute atomic E-state index is 2.69. The van der Waals surface area contributed by atoms with E-state index in [4.69, 9.17) is 0 Å². The van der Waals surface area contributed by atoms with E-state index < -0.39 is 0 Å². The Morgan fingerprint density at radius 1 is 0.897 bits per heavy atom. The Morgan fingerprint density at radius 3 is 2.17 bits per heavy atom. The highest BCUT2D eigenvalue weighted by molar-refractivity contribution is 5.85. The fraction of sp³-hybridized carbons (Fsp3) is 0.760. The molecule has 0 aromatic heterocycles. The third-order valence-electron chi connectivity index (χ3n) is 7.51. The predicted molar refractivity (Wildman–Crippen MR) is 129 cm³/mol. The normalized spacial score (nSPS) is 23.3. The molecule has 3 aliphatic rings. The molecule has 164 valence electrons. The first-order valence-corrected chi connectivity index (χ1v) is 11.9. The van der Waals surface area contributed by atoms with Gasteiger partial charge in [0.15, 0.2) is 0 Å². The van der Waals surface area contributed by atoms with Crippen molar-refractivity contribution >= 4 is 23.8 Å². The van der Waals surface area contributed by atoms with Crippen LogP contribution in [-0.2, 0) is 0 Å². The summed E-state index contributed by atoms with van der Waals surface area (Å²) in [6, 6.07) is 7.47. The van der Waals surface area contributed by atoms with E-state index in [1.165, 1.54) is 96.4 Å². The minimum Gasteiger partial charge on any atom is -0.372 e. The van der Waals surface area contributed by atoms with Crippen molar-refractivity contribution in [1.82, 2.24) is 4.90 Å². The van der Waals surface area contributed by atoms with Gasteiger partial charge in [-0.3, -0.25) is 4.90 Å². The second-order valence-corrected chi connectivity index (χ2v) is 10.2. The number of piperazine rings is 1. The highest BCUT2D eigenvalue weighted by Crippen LogP contribution is 2.45. The Morgan fingerprint density at radius 2 is 1.55 bits per heavy atom. The van der Waals surface area contributed by atoms with Crippen LogP contribution in [-0.4, -0.2) is 50.7 Å². The van der Waals surface area contributed by atoms with E-state index in [0.717, 1.165) is 5.92 Å². The van der Waals surface area contributed by atoms with Crippen molar-refractivity contribution in [3.8, 4) is 0 Å². The molecule has 3 nitrogen and oxygen atoms in total. The lowest BCUT2D eigenvalue weighted by molar-refractivity contribution is 0.224. The van der Waals surface area contributed by atoms with Gasteiger partial charge in [0.1, 0.15) is 0 Å². The van der Waals surface area contributed by atoms with E-state index in [9.17, 15) is 0 Å². The molecule has 0 radical (unpaired) electrons. The molecule has 0 N–H and O–H groups in total. The largest absolute Gasteiger partial charge is 0.372 e. The third-order valence-corrected chi connectivity index (χ3v) is 7.51. The predicted octanol–water partition coefficient (Wildman–Crippen LogP) is 5.92. The number of rotatable bonds is 5. The fourth-order valence-corrected chi connectivity index (χ4v) is 5.57. The fourth-order valence-electron chi connectivity index (χ4n) is 5.57. The minimum atomic E-state index is 0. The van der Waals surface area contributed by atoms with Gasteiger partial charge in [0.05, 0.1) is 0 Å². The van der Waals surface area contributed by atoms with E-state index in [2.05, 4.69) is 53.7 Å². The molecule has 1 aliphatic carbocycles. The highest BCUT2D eigenvalue weighted by Gasteiger charge is 2.30. The summed E-state index contributed by atoms with van der Waals surface area (Å²) in [4.78, 5) is 7.94. The Labute approximate surface area is 185 Å². The zero-order chi connectivity index (χ0) is 19.6. The van der Waals surface area contributed by atoms with Crippen molar-refractivity contribution in [2.45, 2.75) is 71.6 Å². The van der Waals surface area contributed by atoms with Crippen molar-refractivity contribution in [3.05, 3.63) is 23.8 Å². The van der Waals surface area contributed by atoms with Gasteiger partial charge in [-0.15, -0.1) is 12.4 Å². The summed E-state index contributed by atoms with van der Waals surface area (Å²) in [5.41, 5.74) is 5.22. The van der Waals surface area contributed by atoms with Crippen molar-refractivity contribution in [2.24, 2.45) is 5.41 Å². The second kappa shape index (κ2) is 9.92.